The van der Waals surface area contributed by atoms with Gasteiger partial charge in [0.15, 0.2) is 0 Å². The molecule has 2 heteroatoms. The van der Waals surface area contributed by atoms with Crippen LogP contribution in [0.3, 0.4) is 0 Å². The third-order valence-electron chi connectivity index (χ3n) is 4.58. The van der Waals surface area contributed by atoms with E-state index in [2.05, 4.69) is 85.9 Å². The molecule has 0 saturated carbocycles. The van der Waals surface area contributed by atoms with Gasteiger partial charge in [-0.25, -0.2) is 0 Å². The Bertz CT molecular complexity index is 586. The van der Waals surface area contributed by atoms with Crippen molar-refractivity contribution in [3.63, 3.8) is 0 Å². The zero-order valence-electron chi connectivity index (χ0n) is 15.2. The molecule has 2 aromatic rings. The van der Waals surface area contributed by atoms with Crippen LogP contribution in [-0.4, -0.2) is 6.85 Å². The van der Waals surface area contributed by atoms with E-state index < -0.39 is 0 Å². The molecule has 2 rings (SSSR count). The smallest absolute Gasteiger partial charge is 0.260 e. The average Bonchev–Trinajstić information content (AvgIpc) is 2.65. The molecule has 0 saturated heterocycles. The Morgan fingerprint density at radius 2 is 1.33 bits per heavy atom. The second-order valence-corrected chi connectivity index (χ2v) is 6.46. The summed E-state index contributed by atoms with van der Waals surface area (Å²) in [4.78, 5) is 2.47. The summed E-state index contributed by atoms with van der Waals surface area (Å²) in [5.74, 6) is 0. The van der Waals surface area contributed by atoms with Gasteiger partial charge in [0, 0.05) is 11.4 Å². The lowest BCUT2D eigenvalue weighted by Crippen LogP contribution is -2.37. The third kappa shape index (κ3) is 5.02. The van der Waals surface area contributed by atoms with E-state index in [1.165, 1.54) is 49.6 Å². The first kappa shape index (κ1) is 18.4. The van der Waals surface area contributed by atoms with Gasteiger partial charge in [-0.3, -0.25) is 0 Å². The number of unbranched alkanes of at least 4 members (excludes halogenated alkanes) is 2. The van der Waals surface area contributed by atoms with Crippen LogP contribution >= 0.6 is 0 Å². The van der Waals surface area contributed by atoms with E-state index in [1.54, 1.807) is 0 Å². The van der Waals surface area contributed by atoms with E-state index in [4.69, 9.17) is 0 Å². The molecule has 0 unspecified atom stereocenters. The van der Waals surface area contributed by atoms with Gasteiger partial charge in [0.1, 0.15) is 0 Å². The quantitative estimate of drug-likeness (QED) is 0.437. The van der Waals surface area contributed by atoms with Crippen LogP contribution in [0.25, 0.3) is 5.70 Å². The van der Waals surface area contributed by atoms with Crippen LogP contribution in [-0.2, 0) is 0 Å². The van der Waals surface area contributed by atoms with Crippen molar-refractivity contribution in [2.24, 2.45) is 0 Å². The summed E-state index contributed by atoms with van der Waals surface area (Å²) in [7, 11) is 0. The van der Waals surface area contributed by atoms with Gasteiger partial charge in [-0.05, 0) is 17.7 Å². The fourth-order valence-corrected chi connectivity index (χ4v) is 3.23. The van der Waals surface area contributed by atoms with Crippen LogP contribution in [0, 0.1) is 0 Å². The fraction of sp³-hybridized carbons (Fsp3) is 0.364. The van der Waals surface area contributed by atoms with Crippen LogP contribution in [0.15, 0.2) is 67.2 Å². The summed E-state index contributed by atoms with van der Waals surface area (Å²) < 4.78 is 0. The Labute approximate surface area is 148 Å². The van der Waals surface area contributed by atoms with Gasteiger partial charge in [0.25, 0.3) is 6.85 Å². The fourth-order valence-electron chi connectivity index (χ4n) is 3.23. The number of nitrogens with zero attached hydrogens (tertiary/aromatic N) is 1. The maximum Gasteiger partial charge on any atom is 0.260 e. The number of para-hydroxylation sites is 1. The zero-order chi connectivity index (χ0) is 17.2. The van der Waals surface area contributed by atoms with Gasteiger partial charge in [0.2, 0.25) is 0 Å². The minimum atomic E-state index is 0.514. The topological polar surface area (TPSA) is 3.24 Å². The molecule has 0 fully saturated rings. The molecule has 0 heterocycles. The van der Waals surface area contributed by atoms with Crippen molar-refractivity contribution in [2.45, 2.75) is 52.2 Å². The third-order valence-corrected chi connectivity index (χ3v) is 4.58. The molecule has 0 N–H and O–H groups in total. The highest BCUT2D eigenvalue weighted by Gasteiger charge is 2.25. The number of benzene rings is 2. The van der Waals surface area contributed by atoms with Gasteiger partial charge in [-0.1, -0.05) is 107 Å². The summed E-state index contributed by atoms with van der Waals surface area (Å²) in [6.07, 6.45) is 7.44. The van der Waals surface area contributed by atoms with Gasteiger partial charge in [0.05, 0.1) is 0 Å². The SMILES string of the molecule is C=C(c1ccccc1)N(B(CCCC)CCCC)c1ccccc1. The van der Waals surface area contributed by atoms with Crippen LogP contribution in [0.1, 0.15) is 45.1 Å². The van der Waals surface area contributed by atoms with Crippen molar-refractivity contribution in [2.75, 3.05) is 4.81 Å². The number of rotatable bonds is 10. The first-order valence-corrected chi connectivity index (χ1v) is 9.36. The Hall–Kier alpha value is -1.96. The molecule has 0 amide bonds. The highest BCUT2D eigenvalue weighted by Crippen LogP contribution is 2.30. The molecule has 0 bridgehead atoms. The van der Waals surface area contributed by atoms with Gasteiger partial charge in [-0.15, -0.1) is 0 Å². The first-order chi connectivity index (χ1) is 11.8. The Morgan fingerprint density at radius 3 is 1.83 bits per heavy atom. The molecule has 0 aromatic heterocycles. The molecule has 2 aromatic carbocycles. The van der Waals surface area contributed by atoms with Crippen molar-refractivity contribution in [3.8, 4) is 0 Å². The molecule has 0 aliphatic heterocycles. The normalized spacial score (nSPS) is 10.4. The van der Waals surface area contributed by atoms with Crippen molar-refractivity contribution in [1.29, 1.82) is 0 Å². The number of hydrogen-bond acceptors (Lipinski definition) is 1. The van der Waals surface area contributed by atoms with Crippen LogP contribution < -0.4 is 4.81 Å². The summed E-state index contributed by atoms with van der Waals surface area (Å²) in [5.41, 5.74) is 3.57. The molecule has 0 radical (unpaired) electrons. The van der Waals surface area contributed by atoms with Crippen LogP contribution in [0.4, 0.5) is 5.69 Å². The predicted molar refractivity (Wildman–Crippen MR) is 110 cm³/mol. The van der Waals surface area contributed by atoms with E-state index in [0.717, 1.165) is 5.70 Å². The molecular weight excluding hydrogens is 289 g/mol. The van der Waals surface area contributed by atoms with E-state index in [-0.39, 0.29) is 0 Å². The highest BCUT2D eigenvalue weighted by molar-refractivity contribution is 6.65. The summed E-state index contributed by atoms with van der Waals surface area (Å²) in [5, 5.41) is 0. The Morgan fingerprint density at radius 1 is 0.833 bits per heavy atom. The van der Waals surface area contributed by atoms with E-state index >= 15 is 0 Å². The van der Waals surface area contributed by atoms with Crippen LogP contribution in [0.5, 0.6) is 0 Å². The lowest BCUT2D eigenvalue weighted by molar-refractivity contribution is 0.837. The summed E-state index contributed by atoms with van der Waals surface area (Å²) in [6.45, 7) is 9.53. The molecule has 24 heavy (non-hydrogen) atoms. The Balaban J connectivity index is 2.34. The maximum absolute atomic E-state index is 4.46. The molecule has 0 spiro atoms. The van der Waals surface area contributed by atoms with Crippen molar-refractivity contribution >= 4 is 18.2 Å². The summed E-state index contributed by atoms with van der Waals surface area (Å²) >= 11 is 0. The van der Waals surface area contributed by atoms with Gasteiger partial charge >= 0.3 is 0 Å². The largest absolute Gasteiger partial charge is 0.386 e. The van der Waals surface area contributed by atoms with Crippen molar-refractivity contribution < 1.29 is 0 Å². The number of hydrogen-bond donors (Lipinski definition) is 0. The monoisotopic (exact) mass is 319 g/mol. The molecule has 0 aliphatic carbocycles. The lowest BCUT2D eigenvalue weighted by Gasteiger charge is -2.34. The summed E-state index contributed by atoms with van der Waals surface area (Å²) in [6, 6.07) is 21.3. The Kier molecular flexibility index (Phi) is 7.68. The highest BCUT2D eigenvalue weighted by atomic mass is 15.1. The van der Waals surface area contributed by atoms with E-state index in [1.807, 2.05) is 0 Å². The first-order valence-electron chi connectivity index (χ1n) is 9.36. The van der Waals surface area contributed by atoms with E-state index in [9.17, 15) is 0 Å². The van der Waals surface area contributed by atoms with Crippen LogP contribution in [0.2, 0.25) is 12.6 Å². The maximum atomic E-state index is 4.46. The molecule has 126 valence electrons. The molecule has 0 aliphatic rings. The van der Waals surface area contributed by atoms with Crippen molar-refractivity contribution in [3.05, 3.63) is 72.8 Å². The number of anilines is 1. The second kappa shape index (κ2) is 10.0. The predicted octanol–water partition coefficient (Wildman–Crippen LogP) is 6.76. The van der Waals surface area contributed by atoms with Gasteiger partial charge < -0.3 is 4.81 Å². The standard InChI is InChI=1S/C22H30BN/c1-4-6-18-23(19-7-5-2)24(22-16-12-9-13-17-22)20(3)21-14-10-8-11-15-21/h8-17H,3-7,18-19H2,1-2H3. The second-order valence-electron chi connectivity index (χ2n) is 6.46. The lowest BCUT2D eigenvalue weighted by atomic mass is 9.52. The average molecular weight is 319 g/mol. The van der Waals surface area contributed by atoms with E-state index in [0.29, 0.717) is 6.85 Å². The molecule has 0 atom stereocenters. The molecule has 1 nitrogen and oxygen atoms in total. The van der Waals surface area contributed by atoms with Gasteiger partial charge in [-0.2, -0.15) is 0 Å². The van der Waals surface area contributed by atoms with Crippen molar-refractivity contribution in [1.82, 2.24) is 0 Å². The zero-order valence-corrected chi connectivity index (χ0v) is 15.2. The molecular formula is C22H30BN. The minimum absolute atomic E-state index is 0.514. The minimum Gasteiger partial charge on any atom is -0.386 e.